The maximum Gasteiger partial charge on any atom is 0.326 e. The SMILES string of the molecule is CCCCCC(=O)Oc1ccc(-c2cnc(-c3cc([SiH2]C(C)CCCCCCC(C)CCCCC)c4c(n3)C(F)(F)CO4)nc2)cc1. The van der Waals surface area contributed by atoms with Crippen LogP contribution < -0.4 is 14.7 Å². The van der Waals surface area contributed by atoms with Gasteiger partial charge in [0, 0.05) is 24.4 Å². The molecule has 9 heteroatoms. The topological polar surface area (TPSA) is 74.2 Å². The number of fused-ring (bicyclic) bond motifs is 1. The first-order chi connectivity index (χ1) is 22.7. The maximum absolute atomic E-state index is 14.8. The molecular formula is C38H53F2N3O3Si. The molecule has 256 valence electrons. The molecule has 6 nitrogen and oxygen atoms in total. The van der Waals surface area contributed by atoms with E-state index in [1.807, 2.05) is 18.2 Å². The van der Waals surface area contributed by atoms with Gasteiger partial charge in [-0.25, -0.2) is 15.0 Å². The summed E-state index contributed by atoms with van der Waals surface area (Å²) in [6.45, 7) is 8.30. The quantitative estimate of drug-likeness (QED) is 0.0518. The Morgan fingerprint density at radius 2 is 1.53 bits per heavy atom. The van der Waals surface area contributed by atoms with Crippen LogP contribution in [0.25, 0.3) is 22.6 Å². The second kappa shape index (κ2) is 18.4. The van der Waals surface area contributed by atoms with E-state index in [1.165, 1.54) is 57.8 Å². The molecule has 2 aromatic heterocycles. The molecule has 0 saturated carbocycles. The summed E-state index contributed by atoms with van der Waals surface area (Å²) in [5.74, 6) is -1.47. The number of alkyl halides is 2. The normalized spacial score (nSPS) is 15.0. The van der Waals surface area contributed by atoms with Crippen LogP contribution in [-0.4, -0.2) is 37.0 Å². The van der Waals surface area contributed by atoms with Crippen molar-refractivity contribution in [3.63, 3.8) is 0 Å². The third-order valence-corrected chi connectivity index (χ3v) is 11.2. The summed E-state index contributed by atoms with van der Waals surface area (Å²) in [4.78, 5) is 25.4. The second-order valence-electron chi connectivity index (χ2n) is 13.5. The smallest absolute Gasteiger partial charge is 0.326 e. The van der Waals surface area contributed by atoms with Crippen molar-refractivity contribution in [2.24, 2.45) is 5.92 Å². The maximum atomic E-state index is 14.8. The number of aromatic nitrogens is 3. The van der Waals surface area contributed by atoms with E-state index in [0.717, 1.165) is 47.9 Å². The molecule has 2 atom stereocenters. The Labute approximate surface area is 282 Å². The molecule has 4 rings (SSSR count). The van der Waals surface area contributed by atoms with Crippen molar-refractivity contribution in [3.8, 4) is 34.1 Å². The minimum absolute atomic E-state index is 0.234. The van der Waals surface area contributed by atoms with Crippen LogP contribution in [0.3, 0.4) is 0 Å². The minimum Gasteiger partial charge on any atom is -0.485 e. The van der Waals surface area contributed by atoms with Gasteiger partial charge in [0.05, 0.1) is 9.52 Å². The number of hydrogen-bond acceptors (Lipinski definition) is 6. The van der Waals surface area contributed by atoms with E-state index in [9.17, 15) is 13.6 Å². The number of carbonyl (C=O) groups is 1. The number of esters is 1. The standard InChI is InChI=1S/C38H53F2N3O3Si/c1-5-7-11-15-27(3)16-13-9-10-14-17-28(4)47-33-23-32(43-36-35(33)45-26-38(36,39)40)37-41-24-30(25-42-37)29-19-21-31(22-20-29)46-34(44)18-12-8-6-2/h19-25,27-28H,5-18,26,47H2,1-4H3. The van der Waals surface area contributed by atoms with E-state index in [2.05, 4.69) is 42.6 Å². The summed E-state index contributed by atoms with van der Waals surface area (Å²) in [5.41, 5.74) is 2.15. The molecule has 3 aromatic rings. The van der Waals surface area contributed by atoms with Crippen LogP contribution in [0.4, 0.5) is 8.78 Å². The molecule has 0 radical (unpaired) electrons. The lowest BCUT2D eigenvalue weighted by Gasteiger charge is -2.15. The number of carbonyl (C=O) groups excluding carboxylic acids is 1. The molecular weight excluding hydrogens is 613 g/mol. The fourth-order valence-corrected chi connectivity index (χ4v) is 8.23. The molecule has 1 aliphatic rings. The highest BCUT2D eigenvalue weighted by molar-refractivity contribution is 6.56. The molecule has 0 spiro atoms. The number of hydrogen-bond donors (Lipinski definition) is 0. The van der Waals surface area contributed by atoms with Gasteiger partial charge in [-0.15, -0.1) is 0 Å². The van der Waals surface area contributed by atoms with Crippen molar-refractivity contribution in [3.05, 3.63) is 48.4 Å². The molecule has 47 heavy (non-hydrogen) atoms. The lowest BCUT2D eigenvalue weighted by Crippen LogP contribution is -2.22. The minimum atomic E-state index is -3.13. The Kier molecular flexibility index (Phi) is 14.3. The number of pyridine rings is 1. The predicted octanol–water partition coefficient (Wildman–Crippen LogP) is 9.34. The van der Waals surface area contributed by atoms with E-state index in [1.54, 1.807) is 24.5 Å². The Balaban J connectivity index is 1.35. The number of ether oxygens (including phenoxy) is 2. The van der Waals surface area contributed by atoms with Crippen LogP contribution in [0, 0.1) is 5.92 Å². The van der Waals surface area contributed by atoms with Crippen molar-refractivity contribution >= 4 is 20.7 Å². The summed E-state index contributed by atoms with van der Waals surface area (Å²) >= 11 is 0. The average Bonchev–Trinajstić information content (AvgIpc) is 3.37. The number of rotatable bonds is 20. The Bertz CT molecular complexity index is 1400. The monoisotopic (exact) mass is 665 g/mol. The van der Waals surface area contributed by atoms with Crippen LogP contribution in [-0.2, 0) is 10.7 Å². The zero-order valence-corrected chi connectivity index (χ0v) is 30.2. The molecule has 1 aromatic carbocycles. The zero-order valence-electron chi connectivity index (χ0n) is 28.8. The van der Waals surface area contributed by atoms with E-state index in [0.29, 0.717) is 29.2 Å². The van der Waals surface area contributed by atoms with Crippen molar-refractivity contribution in [1.82, 2.24) is 15.0 Å². The van der Waals surface area contributed by atoms with Crippen molar-refractivity contribution in [2.75, 3.05) is 6.61 Å². The van der Waals surface area contributed by atoms with E-state index >= 15 is 0 Å². The van der Waals surface area contributed by atoms with Crippen molar-refractivity contribution < 1.29 is 23.0 Å². The van der Waals surface area contributed by atoms with Gasteiger partial charge in [-0.05, 0) is 46.8 Å². The third kappa shape index (κ3) is 11.2. The lowest BCUT2D eigenvalue weighted by molar-refractivity contribution is -0.134. The summed E-state index contributed by atoms with van der Waals surface area (Å²) in [5, 5.41) is 0.878. The molecule has 0 amide bonds. The van der Waals surface area contributed by atoms with Gasteiger partial charge in [0.2, 0.25) is 0 Å². The highest BCUT2D eigenvalue weighted by atomic mass is 28.2. The molecule has 0 aliphatic carbocycles. The summed E-state index contributed by atoms with van der Waals surface area (Å²) in [6, 6.07) is 9.07. The summed E-state index contributed by atoms with van der Waals surface area (Å²) < 4.78 is 40.7. The van der Waals surface area contributed by atoms with Crippen molar-refractivity contribution in [1.29, 1.82) is 0 Å². The Hall–Kier alpha value is -3.20. The molecule has 0 saturated heterocycles. The highest BCUT2D eigenvalue weighted by Crippen LogP contribution is 2.40. The Morgan fingerprint density at radius 1 is 0.894 bits per heavy atom. The largest absolute Gasteiger partial charge is 0.485 e. The first-order valence-electron chi connectivity index (χ1n) is 17.9. The molecule has 0 N–H and O–H groups in total. The second-order valence-corrected chi connectivity index (χ2v) is 16.1. The molecule has 0 fully saturated rings. The number of halogens is 2. The third-order valence-electron chi connectivity index (χ3n) is 9.09. The van der Waals surface area contributed by atoms with E-state index in [-0.39, 0.29) is 17.4 Å². The predicted molar refractivity (Wildman–Crippen MR) is 188 cm³/mol. The van der Waals surface area contributed by atoms with Gasteiger partial charge in [0.15, 0.2) is 18.1 Å². The fourth-order valence-electron chi connectivity index (χ4n) is 6.22. The molecule has 0 bridgehead atoms. The highest BCUT2D eigenvalue weighted by Gasteiger charge is 2.45. The Morgan fingerprint density at radius 3 is 2.21 bits per heavy atom. The van der Waals surface area contributed by atoms with Gasteiger partial charge < -0.3 is 9.47 Å². The van der Waals surface area contributed by atoms with Crippen LogP contribution in [0.1, 0.15) is 123 Å². The van der Waals surface area contributed by atoms with E-state index in [4.69, 9.17) is 9.47 Å². The molecule has 3 heterocycles. The van der Waals surface area contributed by atoms with Crippen LogP contribution in [0.5, 0.6) is 11.5 Å². The zero-order chi connectivity index (χ0) is 33.6. The van der Waals surface area contributed by atoms with Gasteiger partial charge in [0.25, 0.3) is 0 Å². The number of nitrogens with zero attached hydrogens (tertiary/aromatic N) is 3. The van der Waals surface area contributed by atoms with Gasteiger partial charge in [0.1, 0.15) is 17.2 Å². The van der Waals surface area contributed by atoms with Gasteiger partial charge >= 0.3 is 11.9 Å². The number of benzene rings is 1. The van der Waals surface area contributed by atoms with E-state index < -0.39 is 22.0 Å². The van der Waals surface area contributed by atoms with Crippen LogP contribution in [0.15, 0.2) is 42.7 Å². The van der Waals surface area contributed by atoms with Gasteiger partial charge in [-0.2, -0.15) is 8.78 Å². The van der Waals surface area contributed by atoms with Gasteiger partial charge in [-0.3, -0.25) is 4.79 Å². The van der Waals surface area contributed by atoms with Crippen LogP contribution in [0.2, 0.25) is 5.54 Å². The first-order valence-corrected chi connectivity index (χ1v) is 19.4. The molecule has 2 unspecified atom stereocenters. The number of unbranched alkanes of at least 4 members (excludes halogenated alkanes) is 7. The van der Waals surface area contributed by atoms with Crippen LogP contribution >= 0.6 is 0 Å². The summed E-state index contributed by atoms with van der Waals surface area (Å²) in [6.07, 6.45) is 19.3. The first kappa shape index (κ1) is 36.6. The average molecular weight is 666 g/mol. The van der Waals surface area contributed by atoms with Gasteiger partial charge in [-0.1, -0.05) is 117 Å². The fraction of sp³-hybridized carbons (Fsp3) is 0.579. The lowest BCUT2D eigenvalue weighted by atomic mass is 9.96. The van der Waals surface area contributed by atoms with Crippen molar-refractivity contribution in [2.45, 2.75) is 129 Å². The summed E-state index contributed by atoms with van der Waals surface area (Å²) in [7, 11) is -0.906. The molecule has 1 aliphatic heterocycles.